The number of anilines is 1. The van der Waals surface area contributed by atoms with Crippen LogP contribution >= 0.6 is 23.6 Å². The quantitative estimate of drug-likeness (QED) is 0.830. The molecule has 0 saturated carbocycles. The Kier molecular flexibility index (Phi) is 3.17. The Morgan fingerprint density at radius 2 is 2.06 bits per heavy atom. The smallest absolute Gasteiger partial charge is 0.222 e. The Bertz CT molecular complexity index is 557. The lowest BCUT2D eigenvalue weighted by atomic mass is 10.3. The van der Waals surface area contributed by atoms with E-state index < -0.39 is 0 Å². The zero-order valence-corrected chi connectivity index (χ0v) is 10.3. The first-order valence-electron chi connectivity index (χ1n) is 4.72. The maximum Gasteiger partial charge on any atom is 0.222 e. The normalized spacial score (nSPS) is 10.1. The molecule has 2 aromatic rings. The second kappa shape index (κ2) is 4.59. The number of nitrogens with one attached hydrogen (secondary N) is 1. The van der Waals surface area contributed by atoms with E-state index >= 15 is 0 Å². The zero-order chi connectivity index (χ0) is 11.5. The molecule has 0 aliphatic rings. The predicted molar refractivity (Wildman–Crippen MR) is 68.8 cm³/mol. The average molecular weight is 250 g/mol. The molecule has 0 fully saturated rings. The Hall–Kier alpha value is -1.46. The SMILES string of the molecule is CC(=O)Nc1csc(=S)n1-c1ccccc1. The van der Waals surface area contributed by atoms with E-state index in [0.29, 0.717) is 5.82 Å². The van der Waals surface area contributed by atoms with Crippen molar-refractivity contribution < 1.29 is 4.79 Å². The summed E-state index contributed by atoms with van der Waals surface area (Å²) in [6.45, 7) is 1.48. The summed E-state index contributed by atoms with van der Waals surface area (Å²) in [7, 11) is 0. The Morgan fingerprint density at radius 3 is 2.69 bits per heavy atom. The monoisotopic (exact) mass is 250 g/mol. The average Bonchev–Trinajstić information content (AvgIpc) is 2.60. The van der Waals surface area contributed by atoms with Crippen LogP contribution in [0, 0.1) is 3.95 Å². The van der Waals surface area contributed by atoms with Crippen molar-refractivity contribution in [3.8, 4) is 5.69 Å². The van der Waals surface area contributed by atoms with E-state index in [-0.39, 0.29) is 5.91 Å². The molecule has 5 heteroatoms. The fourth-order valence-corrected chi connectivity index (χ4v) is 2.43. The maximum absolute atomic E-state index is 11.1. The first-order chi connectivity index (χ1) is 7.68. The van der Waals surface area contributed by atoms with Crippen LogP contribution in [0.1, 0.15) is 6.92 Å². The molecule has 0 radical (unpaired) electrons. The highest BCUT2D eigenvalue weighted by molar-refractivity contribution is 7.73. The van der Waals surface area contributed by atoms with Gasteiger partial charge in [-0.15, -0.1) is 11.3 Å². The minimum Gasteiger partial charge on any atom is -0.311 e. The molecule has 0 aliphatic heterocycles. The number of carbonyl (C=O) groups excluding carboxylic acids is 1. The van der Waals surface area contributed by atoms with E-state index in [9.17, 15) is 4.79 Å². The summed E-state index contributed by atoms with van der Waals surface area (Å²) >= 11 is 6.67. The van der Waals surface area contributed by atoms with Crippen LogP contribution in [0.15, 0.2) is 35.7 Å². The molecule has 82 valence electrons. The van der Waals surface area contributed by atoms with Gasteiger partial charge in [0.05, 0.1) is 0 Å². The largest absolute Gasteiger partial charge is 0.311 e. The lowest BCUT2D eigenvalue weighted by Crippen LogP contribution is -2.10. The van der Waals surface area contributed by atoms with Crippen molar-refractivity contribution in [2.45, 2.75) is 6.92 Å². The van der Waals surface area contributed by atoms with Crippen LogP contribution in [0.3, 0.4) is 0 Å². The van der Waals surface area contributed by atoms with Crippen molar-refractivity contribution in [1.82, 2.24) is 4.57 Å². The van der Waals surface area contributed by atoms with Crippen LogP contribution in [0.2, 0.25) is 0 Å². The van der Waals surface area contributed by atoms with Crippen LogP contribution in [-0.4, -0.2) is 10.5 Å². The van der Waals surface area contributed by atoms with Crippen LogP contribution in [-0.2, 0) is 4.79 Å². The fraction of sp³-hybridized carbons (Fsp3) is 0.0909. The first kappa shape index (κ1) is 11.0. The van der Waals surface area contributed by atoms with Gasteiger partial charge >= 0.3 is 0 Å². The number of aromatic nitrogens is 1. The number of amides is 1. The van der Waals surface area contributed by atoms with Gasteiger partial charge < -0.3 is 5.32 Å². The van der Waals surface area contributed by atoms with Crippen molar-refractivity contribution in [1.29, 1.82) is 0 Å². The van der Waals surface area contributed by atoms with Gasteiger partial charge in [0.1, 0.15) is 5.82 Å². The Balaban J connectivity index is 2.52. The van der Waals surface area contributed by atoms with Crippen molar-refractivity contribution >= 4 is 35.3 Å². The lowest BCUT2D eigenvalue weighted by Gasteiger charge is -2.08. The van der Waals surface area contributed by atoms with Gasteiger partial charge in [-0.3, -0.25) is 9.36 Å². The van der Waals surface area contributed by atoms with E-state index in [2.05, 4.69) is 5.32 Å². The summed E-state index contributed by atoms with van der Waals surface area (Å²) < 4.78 is 2.57. The highest BCUT2D eigenvalue weighted by atomic mass is 32.1. The first-order valence-corrected chi connectivity index (χ1v) is 6.01. The Morgan fingerprint density at radius 1 is 1.38 bits per heavy atom. The maximum atomic E-state index is 11.1. The van der Waals surface area contributed by atoms with E-state index in [0.717, 1.165) is 9.64 Å². The van der Waals surface area contributed by atoms with Crippen LogP contribution < -0.4 is 5.32 Å². The second-order valence-electron chi connectivity index (χ2n) is 3.24. The zero-order valence-electron chi connectivity index (χ0n) is 8.64. The summed E-state index contributed by atoms with van der Waals surface area (Å²) in [4.78, 5) is 11.1. The molecule has 16 heavy (non-hydrogen) atoms. The molecule has 3 nitrogen and oxygen atoms in total. The van der Waals surface area contributed by atoms with E-state index in [4.69, 9.17) is 12.2 Å². The molecule has 0 saturated heterocycles. The molecule has 2 rings (SSSR count). The highest BCUT2D eigenvalue weighted by Gasteiger charge is 2.06. The third-order valence-corrected chi connectivity index (χ3v) is 3.21. The standard InChI is InChI=1S/C11H10N2OS2/c1-8(14)12-10-7-16-11(15)13(10)9-5-3-2-4-6-9/h2-7H,1H3,(H,12,14). The Labute approximate surface area is 102 Å². The van der Waals surface area contributed by atoms with Gasteiger partial charge in [-0.1, -0.05) is 18.2 Å². The van der Waals surface area contributed by atoms with Gasteiger partial charge in [-0.2, -0.15) is 0 Å². The van der Waals surface area contributed by atoms with Gasteiger partial charge in [-0.05, 0) is 24.4 Å². The molecule has 0 bridgehead atoms. The van der Waals surface area contributed by atoms with Crippen molar-refractivity contribution in [2.75, 3.05) is 5.32 Å². The number of hydrogen-bond acceptors (Lipinski definition) is 3. The van der Waals surface area contributed by atoms with Crippen molar-refractivity contribution in [2.24, 2.45) is 0 Å². The molecule has 1 heterocycles. The minimum atomic E-state index is -0.0996. The molecule has 0 unspecified atom stereocenters. The van der Waals surface area contributed by atoms with Crippen molar-refractivity contribution in [3.05, 3.63) is 39.7 Å². The van der Waals surface area contributed by atoms with Gasteiger partial charge in [0, 0.05) is 18.0 Å². The summed E-state index contributed by atoms with van der Waals surface area (Å²) in [6, 6.07) is 9.72. The molecule has 1 aromatic carbocycles. The topological polar surface area (TPSA) is 34.0 Å². The molecule has 1 aromatic heterocycles. The molecular formula is C11H10N2OS2. The van der Waals surface area contributed by atoms with Gasteiger partial charge in [0.25, 0.3) is 0 Å². The summed E-state index contributed by atoms with van der Waals surface area (Å²) in [5.41, 5.74) is 0.956. The number of thiazole rings is 1. The third kappa shape index (κ3) is 2.20. The van der Waals surface area contributed by atoms with Crippen molar-refractivity contribution in [3.63, 3.8) is 0 Å². The predicted octanol–water partition coefficient (Wildman–Crippen LogP) is 3.23. The molecule has 0 spiro atoms. The summed E-state index contributed by atoms with van der Waals surface area (Å²) in [5.74, 6) is 0.617. The molecule has 1 N–H and O–H groups in total. The van der Waals surface area contributed by atoms with Gasteiger partial charge in [0.2, 0.25) is 5.91 Å². The molecule has 0 atom stereocenters. The minimum absolute atomic E-state index is 0.0996. The number of nitrogens with zero attached hydrogens (tertiary/aromatic N) is 1. The number of para-hydroxylation sites is 1. The van der Waals surface area contributed by atoms with Crippen LogP contribution in [0.5, 0.6) is 0 Å². The molecule has 1 amide bonds. The molecular weight excluding hydrogens is 240 g/mol. The number of hydrogen-bond donors (Lipinski definition) is 1. The summed E-state index contributed by atoms with van der Waals surface area (Å²) in [6.07, 6.45) is 0. The van der Waals surface area contributed by atoms with Gasteiger partial charge in [-0.25, -0.2) is 0 Å². The van der Waals surface area contributed by atoms with E-state index in [1.807, 2.05) is 40.3 Å². The van der Waals surface area contributed by atoms with Crippen LogP contribution in [0.4, 0.5) is 5.82 Å². The van der Waals surface area contributed by atoms with E-state index in [1.165, 1.54) is 18.3 Å². The number of benzene rings is 1. The number of carbonyl (C=O) groups is 1. The summed E-state index contributed by atoms with van der Waals surface area (Å²) in [5, 5.41) is 4.60. The fourth-order valence-electron chi connectivity index (χ4n) is 1.40. The van der Waals surface area contributed by atoms with Crippen LogP contribution in [0.25, 0.3) is 5.69 Å². The molecule has 0 aliphatic carbocycles. The lowest BCUT2D eigenvalue weighted by molar-refractivity contribution is -0.114. The second-order valence-corrected chi connectivity index (χ2v) is 4.74. The van der Waals surface area contributed by atoms with Gasteiger partial charge in [0.15, 0.2) is 3.95 Å². The highest BCUT2D eigenvalue weighted by Crippen LogP contribution is 2.21. The van der Waals surface area contributed by atoms with E-state index in [1.54, 1.807) is 0 Å². The third-order valence-electron chi connectivity index (χ3n) is 2.01. The number of rotatable bonds is 2.